The van der Waals surface area contributed by atoms with Crippen LogP contribution < -0.4 is 20.1 Å². The highest BCUT2D eigenvalue weighted by atomic mass is 32.2. The van der Waals surface area contributed by atoms with Crippen LogP contribution in [0.1, 0.15) is 80.4 Å². The highest BCUT2D eigenvalue weighted by Crippen LogP contribution is 2.39. The van der Waals surface area contributed by atoms with Crippen LogP contribution in [0.5, 0.6) is 5.75 Å². The van der Waals surface area contributed by atoms with Crippen molar-refractivity contribution >= 4 is 33.2 Å². The van der Waals surface area contributed by atoms with E-state index in [1.165, 1.54) is 18.0 Å². The molecule has 1 atom stereocenters. The topological polar surface area (TPSA) is 144 Å². The van der Waals surface area contributed by atoms with Crippen LogP contribution >= 0.6 is 0 Å². The van der Waals surface area contributed by atoms with Crippen molar-refractivity contribution < 1.29 is 22.7 Å². The van der Waals surface area contributed by atoms with E-state index in [1.807, 2.05) is 55.4 Å². The number of nitrogens with one attached hydrogen (secondary N) is 3. The van der Waals surface area contributed by atoms with Gasteiger partial charge in [0, 0.05) is 11.6 Å². The van der Waals surface area contributed by atoms with Crippen LogP contribution in [0.3, 0.4) is 0 Å². The third-order valence-electron chi connectivity index (χ3n) is 6.79. The number of rotatable bonds is 8. The molecule has 0 spiro atoms. The summed E-state index contributed by atoms with van der Waals surface area (Å²) in [6.45, 7) is 15.8. The molecule has 0 aliphatic heterocycles. The molecule has 3 aromatic rings. The Bertz CT molecular complexity index is 1570. The molecule has 0 saturated carbocycles. The zero-order chi connectivity index (χ0) is 30.9. The number of nitrogens with zero attached hydrogens (tertiary/aromatic N) is 3. The summed E-state index contributed by atoms with van der Waals surface area (Å²) in [6, 6.07) is 8.46. The minimum Gasteiger partial charge on any atom is -0.492 e. The zero-order valence-electron chi connectivity index (χ0n) is 25.3. The maximum atomic E-state index is 13.4. The van der Waals surface area contributed by atoms with Crippen LogP contribution in [0.2, 0.25) is 0 Å². The van der Waals surface area contributed by atoms with Gasteiger partial charge in [-0.05, 0) is 60.1 Å². The molecule has 2 aromatic carbocycles. The highest BCUT2D eigenvalue weighted by Gasteiger charge is 2.25. The molecule has 0 aliphatic rings. The quantitative estimate of drug-likeness (QED) is 0.349. The Hall–Kier alpha value is -3.93. The van der Waals surface area contributed by atoms with Crippen LogP contribution in [-0.2, 0) is 15.4 Å². The Labute approximate surface area is 242 Å². The molecule has 0 radical (unpaired) electrons. The maximum absolute atomic E-state index is 13.4. The van der Waals surface area contributed by atoms with Crippen molar-refractivity contribution in [2.45, 2.75) is 66.8 Å². The Kier molecular flexibility index (Phi) is 8.87. The van der Waals surface area contributed by atoms with Crippen molar-refractivity contribution in [3.05, 3.63) is 58.9 Å². The summed E-state index contributed by atoms with van der Waals surface area (Å²) >= 11 is 0. The van der Waals surface area contributed by atoms with Gasteiger partial charge in [-0.25, -0.2) is 13.1 Å². The predicted molar refractivity (Wildman–Crippen MR) is 161 cm³/mol. The molecule has 0 saturated heterocycles. The number of anilines is 2. The third kappa shape index (κ3) is 7.84. The van der Waals surface area contributed by atoms with Gasteiger partial charge in [0.2, 0.25) is 10.0 Å². The van der Waals surface area contributed by atoms with Crippen LogP contribution in [0.4, 0.5) is 11.4 Å². The lowest BCUT2D eigenvalue weighted by atomic mass is 9.86. The summed E-state index contributed by atoms with van der Waals surface area (Å²) in [6.07, 6.45) is 2.57. The Balaban J connectivity index is 1.95. The normalized spacial score (nSPS) is 12.9. The largest absolute Gasteiger partial charge is 0.492 e. The average Bonchev–Trinajstić information content (AvgIpc) is 3.32. The second-order valence-corrected chi connectivity index (χ2v) is 14.0. The van der Waals surface area contributed by atoms with E-state index in [0.29, 0.717) is 16.9 Å². The first-order chi connectivity index (χ1) is 18.8. The van der Waals surface area contributed by atoms with Crippen LogP contribution in [-0.4, -0.2) is 54.6 Å². The van der Waals surface area contributed by atoms with Crippen LogP contribution in [0.25, 0.3) is 5.69 Å². The summed E-state index contributed by atoms with van der Waals surface area (Å²) in [4.78, 5) is 26.2. The van der Waals surface area contributed by atoms with Gasteiger partial charge in [-0.3, -0.25) is 14.3 Å². The standard InChI is InChI=1S/C29H40N6O5S/c1-17-11-12-19(13-24(17)35-16-23(32-34-35)27(37)30-18(2)28(3,4)5)26(36)31-21-14-20(29(6,7)8)15-22(25(21)40-9)33-41(10,38)39/h11-16,18,33H,1-10H3,(H,30,37)(H,31,36)/t18-/m1/s1. The lowest BCUT2D eigenvalue weighted by Gasteiger charge is -2.27. The van der Waals surface area contributed by atoms with Crippen molar-refractivity contribution in [2.75, 3.05) is 23.4 Å². The third-order valence-corrected chi connectivity index (χ3v) is 7.38. The summed E-state index contributed by atoms with van der Waals surface area (Å²) in [5.41, 5.74) is 2.70. The van der Waals surface area contributed by atoms with E-state index in [2.05, 4.69) is 25.7 Å². The van der Waals surface area contributed by atoms with E-state index in [9.17, 15) is 18.0 Å². The molecular weight excluding hydrogens is 544 g/mol. The number of sulfonamides is 1. The molecule has 1 heterocycles. The number of carbonyl (C=O) groups is 2. The number of hydrogen-bond donors (Lipinski definition) is 3. The number of hydrogen-bond acceptors (Lipinski definition) is 7. The summed E-state index contributed by atoms with van der Waals surface area (Å²) in [5.74, 6) is -0.604. The molecule has 1 aromatic heterocycles. The number of benzene rings is 2. The van der Waals surface area contributed by atoms with Crippen molar-refractivity contribution in [3.8, 4) is 11.4 Å². The van der Waals surface area contributed by atoms with Gasteiger partial charge in [-0.15, -0.1) is 5.10 Å². The smallest absolute Gasteiger partial charge is 0.273 e. The number of methoxy groups -OCH3 is 1. The minimum absolute atomic E-state index is 0.0872. The van der Waals surface area contributed by atoms with Gasteiger partial charge in [-0.1, -0.05) is 52.8 Å². The lowest BCUT2D eigenvalue weighted by molar-refractivity contribution is 0.0904. The molecule has 0 bridgehead atoms. The van der Waals surface area contributed by atoms with Crippen molar-refractivity contribution in [1.29, 1.82) is 0 Å². The predicted octanol–water partition coefficient (Wildman–Crippen LogP) is 4.67. The van der Waals surface area contributed by atoms with Gasteiger partial charge in [0.05, 0.1) is 36.6 Å². The molecule has 3 rings (SSSR count). The fraction of sp³-hybridized carbons (Fsp3) is 0.448. The second kappa shape index (κ2) is 11.5. The fourth-order valence-electron chi connectivity index (χ4n) is 3.81. The van der Waals surface area contributed by atoms with Gasteiger partial charge < -0.3 is 15.4 Å². The molecule has 0 fully saturated rings. The molecule has 12 heteroatoms. The monoisotopic (exact) mass is 584 g/mol. The Morgan fingerprint density at radius 3 is 2.20 bits per heavy atom. The molecule has 0 unspecified atom stereocenters. The SMILES string of the molecule is COc1c(NC(=O)c2ccc(C)c(-n3cc(C(=O)N[C@H](C)C(C)(C)C)nn3)c2)cc(C(C)(C)C)cc1NS(C)(=O)=O. The Morgan fingerprint density at radius 1 is 1.00 bits per heavy atom. The molecular formula is C29H40N6O5S. The molecule has 3 N–H and O–H groups in total. The van der Waals surface area contributed by atoms with Gasteiger partial charge >= 0.3 is 0 Å². The summed E-state index contributed by atoms with van der Waals surface area (Å²) in [7, 11) is -2.21. The number of aryl methyl sites for hydroxylation is 1. The van der Waals surface area contributed by atoms with Gasteiger partial charge in [0.25, 0.3) is 11.8 Å². The van der Waals surface area contributed by atoms with Crippen molar-refractivity contribution in [3.63, 3.8) is 0 Å². The van der Waals surface area contributed by atoms with Gasteiger partial charge in [0.15, 0.2) is 11.4 Å². The van der Waals surface area contributed by atoms with E-state index in [-0.39, 0.29) is 39.9 Å². The molecule has 222 valence electrons. The van der Waals surface area contributed by atoms with E-state index in [0.717, 1.165) is 17.4 Å². The number of carbonyl (C=O) groups excluding carboxylic acids is 2. The van der Waals surface area contributed by atoms with Gasteiger partial charge in [-0.2, -0.15) is 0 Å². The molecule has 11 nitrogen and oxygen atoms in total. The average molecular weight is 585 g/mol. The Morgan fingerprint density at radius 2 is 1.63 bits per heavy atom. The lowest BCUT2D eigenvalue weighted by Crippen LogP contribution is -2.41. The van der Waals surface area contributed by atoms with E-state index >= 15 is 0 Å². The first-order valence-corrected chi connectivity index (χ1v) is 15.0. The number of amides is 2. The first-order valence-electron chi connectivity index (χ1n) is 13.2. The number of aromatic nitrogens is 3. The van der Waals surface area contributed by atoms with E-state index < -0.39 is 15.9 Å². The minimum atomic E-state index is -3.62. The van der Waals surface area contributed by atoms with E-state index in [4.69, 9.17) is 4.74 Å². The van der Waals surface area contributed by atoms with Crippen LogP contribution in [0.15, 0.2) is 36.5 Å². The molecule has 0 aliphatic carbocycles. The highest BCUT2D eigenvalue weighted by molar-refractivity contribution is 7.92. The second-order valence-electron chi connectivity index (χ2n) is 12.3. The molecule has 2 amide bonds. The van der Waals surface area contributed by atoms with Crippen molar-refractivity contribution in [1.82, 2.24) is 20.3 Å². The fourth-order valence-corrected chi connectivity index (χ4v) is 4.37. The van der Waals surface area contributed by atoms with Gasteiger partial charge in [0.1, 0.15) is 0 Å². The zero-order valence-corrected chi connectivity index (χ0v) is 26.1. The van der Waals surface area contributed by atoms with Crippen molar-refractivity contribution in [2.24, 2.45) is 5.41 Å². The maximum Gasteiger partial charge on any atom is 0.273 e. The first kappa shape index (κ1) is 31.6. The summed E-state index contributed by atoms with van der Waals surface area (Å²) in [5, 5.41) is 14.0. The molecule has 41 heavy (non-hydrogen) atoms. The number of ether oxygens (including phenoxy) is 1. The van der Waals surface area contributed by atoms with E-state index in [1.54, 1.807) is 30.3 Å². The summed E-state index contributed by atoms with van der Waals surface area (Å²) < 4.78 is 33.5. The van der Waals surface area contributed by atoms with Crippen LogP contribution in [0, 0.1) is 12.3 Å².